The van der Waals surface area contributed by atoms with Crippen molar-refractivity contribution < 1.29 is 4.79 Å². The number of nitrogens with zero attached hydrogens (tertiary/aromatic N) is 1. The van der Waals surface area contributed by atoms with Crippen molar-refractivity contribution in [3.63, 3.8) is 0 Å². The summed E-state index contributed by atoms with van der Waals surface area (Å²) in [5.74, 6) is 0.340. The van der Waals surface area contributed by atoms with Crippen molar-refractivity contribution in [2.24, 2.45) is 5.92 Å². The number of halogens is 2. The van der Waals surface area contributed by atoms with Gasteiger partial charge in [-0.2, -0.15) is 0 Å². The molecule has 1 aliphatic heterocycles. The third-order valence-corrected chi connectivity index (χ3v) is 4.87. The number of benzene rings is 1. The molecule has 1 atom stereocenters. The van der Waals surface area contributed by atoms with Crippen LogP contribution in [-0.4, -0.2) is 37.0 Å². The van der Waals surface area contributed by atoms with Gasteiger partial charge in [-0.1, -0.05) is 24.6 Å². The highest BCUT2D eigenvalue weighted by Crippen LogP contribution is 2.25. The van der Waals surface area contributed by atoms with Gasteiger partial charge in [-0.15, -0.1) is 0 Å². The molecule has 1 heterocycles. The molecule has 110 valence electrons. The molecule has 1 unspecified atom stereocenters. The van der Waals surface area contributed by atoms with Crippen LogP contribution in [-0.2, 0) is 0 Å². The van der Waals surface area contributed by atoms with Crippen molar-refractivity contribution in [3.05, 3.63) is 33.3 Å². The Balaban J connectivity index is 1.83. The average molecular weight is 360 g/mol. The lowest BCUT2D eigenvalue weighted by Crippen LogP contribution is -2.34. The third-order valence-electron chi connectivity index (χ3n) is 3.58. The zero-order valence-corrected chi connectivity index (χ0v) is 14.0. The van der Waals surface area contributed by atoms with Gasteiger partial charge < -0.3 is 10.2 Å². The third kappa shape index (κ3) is 4.21. The maximum absolute atomic E-state index is 12.1. The van der Waals surface area contributed by atoms with Crippen molar-refractivity contribution >= 4 is 33.4 Å². The van der Waals surface area contributed by atoms with E-state index in [9.17, 15) is 4.79 Å². The molecule has 1 aromatic rings. The number of nitrogens with one attached hydrogen (secondary N) is 1. The number of carbonyl (C=O) groups excluding carboxylic acids is 1. The molecule has 0 aromatic heterocycles. The maximum atomic E-state index is 12.1. The molecule has 1 fully saturated rings. The number of likely N-dealkylation sites (tertiary alicyclic amines) is 1. The summed E-state index contributed by atoms with van der Waals surface area (Å²) in [5, 5.41) is 3.44. The quantitative estimate of drug-likeness (QED) is 0.872. The van der Waals surface area contributed by atoms with Gasteiger partial charge in [-0.25, -0.2) is 0 Å². The van der Waals surface area contributed by atoms with Crippen LogP contribution in [0.5, 0.6) is 0 Å². The fourth-order valence-corrected chi connectivity index (χ4v) is 3.09. The van der Waals surface area contributed by atoms with Crippen LogP contribution < -0.4 is 5.32 Å². The lowest BCUT2D eigenvalue weighted by Gasteiger charge is -2.20. The molecule has 1 aliphatic rings. The van der Waals surface area contributed by atoms with Gasteiger partial charge in [0.15, 0.2) is 0 Å². The van der Waals surface area contributed by atoms with E-state index in [1.54, 1.807) is 6.07 Å². The largest absolute Gasteiger partial charge is 0.352 e. The molecule has 0 saturated carbocycles. The van der Waals surface area contributed by atoms with Crippen LogP contribution >= 0.6 is 27.5 Å². The molecular weight excluding hydrogens is 340 g/mol. The zero-order valence-electron chi connectivity index (χ0n) is 11.7. The Hall–Kier alpha value is -0.580. The summed E-state index contributed by atoms with van der Waals surface area (Å²) in [5.41, 5.74) is 0.523. The van der Waals surface area contributed by atoms with Crippen LogP contribution in [0.4, 0.5) is 0 Å². The van der Waals surface area contributed by atoms with Crippen LogP contribution in [0.15, 0.2) is 22.7 Å². The van der Waals surface area contributed by atoms with E-state index in [2.05, 4.69) is 33.1 Å². The van der Waals surface area contributed by atoms with Crippen LogP contribution in [0, 0.1) is 5.92 Å². The van der Waals surface area contributed by atoms with Crippen molar-refractivity contribution in [2.45, 2.75) is 19.8 Å². The molecular formula is C15H20BrClN2O. The topological polar surface area (TPSA) is 32.3 Å². The zero-order chi connectivity index (χ0) is 14.5. The van der Waals surface area contributed by atoms with Gasteiger partial charge >= 0.3 is 0 Å². The van der Waals surface area contributed by atoms with E-state index in [1.165, 1.54) is 25.9 Å². The Morgan fingerprint density at radius 2 is 2.15 bits per heavy atom. The average Bonchev–Trinajstić information content (AvgIpc) is 2.92. The lowest BCUT2D eigenvalue weighted by atomic mass is 10.1. The summed E-state index contributed by atoms with van der Waals surface area (Å²) in [6.45, 7) is 6.28. The molecule has 0 radical (unpaired) electrons. The molecule has 0 aliphatic carbocycles. The van der Waals surface area contributed by atoms with E-state index >= 15 is 0 Å². The molecule has 1 N–H and O–H groups in total. The normalized spacial score (nSPS) is 17.1. The summed E-state index contributed by atoms with van der Waals surface area (Å²) >= 11 is 9.46. The van der Waals surface area contributed by atoms with E-state index in [-0.39, 0.29) is 5.91 Å². The summed E-state index contributed by atoms with van der Waals surface area (Å²) in [4.78, 5) is 14.6. The Morgan fingerprint density at radius 3 is 2.85 bits per heavy atom. The molecule has 0 spiro atoms. The van der Waals surface area contributed by atoms with E-state index in [4.69, 9.17) is 11.6 Å². The highest BCUT2D eigenvalue weighted by atomic mass is 79.9. The minimum atomic E-state index is -0.107. The molecule has 0 bridgehead atoms. The minimum absolute atomic E-state index is 0.107. The smallest absolute Gasteiger partial charge is 0.252 e. The second-order valence-electron chi connectivity index (χ2n) is 5.42. The summed E-state index contributed by atoms with van der Waals surface area (Å²) in [6.07, 6.45) is 2.60. The van der Waals surface area contributed by atoms with Gasteiger partial charge in [0.1, 0.15) is 0 Å². The summed E-state index contributed by atoms with van der Waals surface area (Å²) in [7, 11) is 0. The number of rotatable bonds is 5. The van der Waals surface area contributed by atoms with Gasteiger partial charge in [0.2, 0.25) is 0 Å². The van der Waals surface area contributed by atoms with E-state index in [1.807, 2.05) is 12.1 Å². The van der Waals surface area contributed by atoms with E-state index in [0.717, 1.165) is 11.0 Å². The van der Waals surface area contributed by atoms with Crippen LogP contribution in [0.1, 0.15) is 30.1 Å². The second kappa shape index (κ2) is 7.43. The van der Waals surface area contributed by atoms with Crippen LogP contribution in [0.3, 0.4) is 0 Å². The monoisotopic (exact) mass is 358 g/mol. The Kier molecular flexibility index (Phi) is 5.87. The van der Waals surface area contributed by atoms with Crippen LogP contribution in [0.25, 0.3) is 0 Å². The van der Waals surface area contributed by atoms with Crippen molar-refractivity contribution in [3.8, 4) is 0 Å². The molecule has 3 nitrogen and oxygen atoms in total. The fraction of sp³-hybridized carbons (Fsp3) is 0.533. The number of hydrogen-bond donors (Lipinski definition) is 1. The number of amides is 1. The maximum Gasteiger partial charge on any atom is 0.252 e. The Bertz CT molecular complexity index is 475. The fourth-order valence-electron chi connectivity index (χ4n) is 2.51. The Morgan fingerprint density at radius 1 is 1.45 bits per heavy atom. The first-order valence-electron chi connectivity index (χ1n) is 7.02. The Labute approximate surface area is 133 Å². The predicted molar refractivity (Wildman–Crippen MR) is 86.3 cm³/mol. The van der Waals surface area contributed by atoms with Crippen LogP contribution in [0.2, 0.25) is 5.02 Å². The second-order valence-corrected chi connectivity index (χ2v) is 6.66. The molecule has 5 heteroatoms. The van der Waals surface area contributed by atoms with E-state index in [0.29, 0.717) is 23.0 Å². The number of hydrogen-bond acceptors (Lipinski definition) is 2. The van der Waals surface area contributed by atoms with Gasteiger partial charge in [0, 0.05) is 17.6 Å². The molecule has 2 rings (SSSR count). The SMILES string of the molecule is CC(CNC(=O)c1cccc(Br)c1Cl)CN1CCCC1. The highest BCUT2D eigenvalue weighted by Gasteiger charge is 2.16. The molecule has 1 amide bonds. The highest BCUT2D eigenvalue weighted by molar-refractivity contribution is 9.10. The lowest BCUT2D eigenvalue weighted by molar-refractivity contribution is 0.0945. The van der Waals surface area contributed by atoms with Gasteiger partial charge in [0.05, 0.1) is 10.6 Å². The first-order valence-corrected chi connectivity index (χ1v) is 8.19. The van der Waals surface area contributed by atoms with Crippen molar-refractivity contribution in [1.82, 2.24) is 10.2 Å². The predicted octanol–water partition coefficient (Wildman–Crippen LogP) is 3.56. The van der Waals surface area contributed by atoms with Gasteiger partial charge in [-0.05, 0) is 59.9 Å². The molecule has 20 heavy (non-hydrogen) atoms. The number of carbonyl (C=O) groups is 1. The molecule has 1 saturated heterocycles. The van der Waals surface area contributed by atoms with Crippen molar-refractivity contribution in [2.75, 3.05) is 26.2 Å². The first-order chi connectivity index (χ1) is 9.58. The van der Waals surface area contributed by atoms with Crippen molar-refractivity contribution in [1.29, 1.82) is 0 Å². The standard InChI is InChI=1S/C15H20BrClN2O/c1-11(10-19-7-2-3-8-19)9-18-15(20)12-5-4-6-13(16)14(12)17/h4-6,11H,2-3,7-10H2,1H3,(H,18,20). The first kappa shape index (κ1) is 15.8. The summed E-state index contributed by atoms with van der Waals surface area (Å²) in [6, 6.07) is 5.39. The minimum Gasteiger partial charge on any atom is -0.352 e. The molecule has 1 aromatic carbocycles. The van der Waals surface area contributed by atoms with Gasteiger partial charge in [0.25, 0.3) is 5.91 Å². The van der Waals surface area contributed by atoms with Gasteiger partial charge in [-0.3, -0.25) is 4.79 Å². The summed E-state index contributed by atoms with van der Waals surface area (Å²) < 4.78 is 0.747. The van der Waals surface area contributed by atoms with E-state index < -0.39 is 0 Å².